The molecule has 2 aromatic rings. The lowest BCUT2D eigenvalue weighted by Crippen LogP contribution is -2.30. The molecule has 0 aliphatic carbocycles. The van der Waals surface area contributed by atoms with E-state index in [9.17, 15) is 9.59 Å². The first kappa shape index (κ1) is 18.3. The number of nitrogens with one attached hydrogen (secondary N) is 1. The summed E-state index contributed by atoms with van der Waals surface area (Å²) in [6.45, 7) is 2.80. The number of likely N-dealkylation sites (tertiary alicyclic amines) is 1. The van der Waals surface area contributed by atoms with E-state index in [1.54, 1.807) is 12.0 Å². The second-order valence-electron chi connectivity index (χ2n) is 7.39. The molecule has 3 amide bonds. The van der Waals surface area contributed by atoms with Gasteiger partial charge < -0.3 is 15.0 Å². The van der Waals surface area contributed by atoms with E-state index in [2.05, 4.69) is 17.4 Å². The molecule has 2 fully saturated rings. The highest BCUT2D eigenvalue weighted by molar-refractivity contribution is 5.98. The van der Waals surface area contributed by atoms with Gasteiger partial charge in [0.15, 0.2) is 0 Å². The van der Waals surface area contributed by atoms with Crippen LogP contribution >= 0.6 is 0 Å². The average Bonchev–Trinajstić information content (AvgIpc) is 3.37. The predicted octanol–water partition coefficient (Wildman–Crippen LogP) is 2.93. The first-order valence-electron chi connectivity index (χ1n) is 9.71. The molecule has 2 aliphatic heterocycles. The van der Waals surface area contributed by atoms with E-state index < -0.39 is 0 Å². The summed E-state index contributed by atoms with van der Waals surface area (Å²) >= 11 is 0. The van der Waals surface area contributed by atoms with Crippen LogP contribution in [-0.2, 0) is 6.42 Å². The highest BCUT2D eigenvalue weighted by atomic mass is 16.5. The number of ether oxygens (including phenoxy) is 1. The highest BCUT2D eigenvalue weighted by Gasteiger charge is 2.28. The second-order valence-corrected chi connectivity index (χ2v) is 7.39. The van der Waals surface area contributed by atoms with Gasteiger partial charge in [-0.2, -0.15) is 0 Å². The molecule has 1 unspecified atom stereocenters. The fraction of sp³-hybridized carbons (Fsp3) is 0.364. The van der Waals surface area contributed by atoms with Crippen LogP contribution < -0.4 is 15.0 Å². The van der Waals surface area contributed by atoms with Crippen LogP contribution in [0.3, 0.4) is 0 Å². The Labute approximate surface area is 165 Å². The molecule has 28 heavy (non-hydrogen) atoms. The van der Waals surface area contributed by atoms with Crippen molar-refractivity contribution in [1.82, 2.24) is 10.2 Å². The van der Waals surface area contributed by atoms with Gasteiger partial charge >= 0.3 is 6.03 Å². The number of hydrogen-bond acceptors (Lipinski definition) is 3. The van der Waals surface area contributed by atoms with E-state index in [0.717, 1.165) is 37.4 Å². The fourth-order valence-corrected chi connectivity index (χ4v) is 3.99. The van der Waals surface area contributed by atoms with Gasteiger partial charge in [0.2, 0.25) is 0 Å². The van der Waals surface area contributed by atoms with Gasteiger partial charge in [-0.25, -0.2) is 4.79 Å². The Hall–Kier alpha value is -3.02. The number of carbonyl (C=O) groups excluding carboxylic acids is 2. The molecule has 146 valence electrons. The zero-order valence-corrected chi connectivity index (χ0v) is 16.1. The Bertz CT molecular complexity index is 866. The van der Waals surface area contributed by atoms with Gasteiger partial charge in [-0.3, -0.25) is 9.69 Å². The summed E-state index contributed by atoms with van der Waals surface area (Å²) in [6, 6.07) is 15.4. The summed E-state index contributed by atoms with van der Waals surface area (Å²) < 4.78 is 5.21. The molecule has 2 heterocycles. The minimum Gasteiger partial charge on any atom is -0.497 e. The maximum absolute atomic E-state index is 13.0. The molecule has 1 N–H and O–H groups in total. The van der Waals surface area contributed by atoms with Crippen molar-refractivity contribution in [1.29, 1.82) is 0 Å². The number of rotatable bonds is 5. The maximum atomic E-state index is 13.0. The molecule has 1 atom stereocenters. The number of hydrogen-bond donors (Lipinski definition) is 1. The van der Waals surface area contributed by atoms with Gasteiger partial charge in [0.05, 0.1) is 7.11 Å². The van der Waals surface area contributed by atoms with Crippen molar-refractivity contribution < 1.29 is 14.3 Å². The van der Waals surface area contributed by atoms with Crippen molar-refractivity contribution in [2.45, 2.75) is 12.8 Å². The van der Waals surface area contributed by atoms with Gasteiger partial charge in [0.25, 0.3) is 5.91 Å². The van der Waals surface area contributed by atoms with Crippen molar-refractivity contribution in [3.8, 4) is 5.75 Å². The van der Waals surface area contributed by atoms with Crippen LogP contribution in [0.5, 0.6) is 5.75 Å². The number of carbonyl (C=O) groups is 2. The van der Waals surface area contributed by atoms with Crippen LogP contribution in [0.1, 0.15) is 22.3 Å². The third-order valence-corrected chi connectivity index (χ3v) is 5.52. The Morgan fingerprint density at radius 3 is 2.71 bits per heavy atom. The second kappa shape index (κ2) is 7.92. The van der Waals surface area contributed by atoms with Gasteiger partial charge in [0.1, 0.15) is 5.75 Å². The lowest BCUT2D eigenvalue weighted by Gasteiger charge is -2.19. The number of amides is 3. The van der Waals surface area contributed by atoms with Crippen LogP contribution in [0, 0.1) is 5.92 Å². The molecule has 4 rings (SSSR count). The molecule has 0 aromatic heterocycles. The summed E-state index contributed by atoms with van der Waals surface area (Å²) in [5.74, 6) is 1.36. The van der Waals surface area contributed by atoms with E-state index in [1.807, 2.05) is 41.3 Å². The van der Waals surface area contributed by atoms with Crippen molar-refractivity contribution in [2.24, 2.45) is 5.92 Å². The summed E-state index contributed by atoms with van der Waals surface area (Å²) in [5.41, 5.74) is 2.68. The first-order valence-corrected chi connectivity index (χ1v) is 9.71. The summed E-state index contributed by atoms with van der Waals surface area (Å²) in [7, 11) is 1.67. The number of urea groups is 1. The molecule has 2 aliphatic rings. The predicted molar refractivity (Wildman–Crippen MR) is 108 cm³/mol. The SMILES string of the molecule is COc1ccc(CC2CCN(C(=O)c3cccc(N4CCNC4=O)c3)C2)cc1. The summed E-state index contributed by atoms with van der Waals surface area (Å²) in [6.07, 6.45) is 1.97. The highest BCUT2D eigenvalue weighted by Crippen LogP contribution is 2.25. The van der Waals surface area contributed by atoms with Gasteiger partial charge in [-0.1, -0.05) is 18.2 Å². The van der Waals surface area contributed by atoms with Gasteiger partial charge in [0, 0.05) is 37.4 Å². The monoisotopic (exact) mass is 379 g/mol. The zero-order valence-electron chi connectivity index (χ0n) is 16.1. The fourth-order valence-electron chi connectivity index (χ4n) is 3.99. The number of nitrogens with zero attached hydrogens (tertiary/aromatic N) is 2. The number of methoxy groups -OCH3 is 1. The summed E-state index contributed by atoms with van der Waals surface area (Å²) in [4.78, 5) is 28.4. The number of anilines is 1. The van der Waals surface area contributed by atoms with Gasteiger partial charge in [-0.05, 0) is 54.7 Å². The third-order valence-electron chi connectivity index (χ3n) is 5.52. The Kier molecular flexibility index (Phi) is 5.19. The summed E-state index contributed by atoms with van der Waals surface area (Å²) in [5, 5.41) is 2.79. The topological polar surface area (TPSA) is 61.9 Å². The Morgan fingerprint density at radius 2 is 2.00 bits per heavy atom. The molecule has 0 saturated carbocycles. The molecule has 2 saturated heterocycles. The minimum absolute atomic E-state index is 0.0405. The first-order chi connectivity index (χ1) is 13.6. The van der Waals surface area contributed by atoms with Crippen molar-refractivity contribution in [3.05, 3.63) is 59.7 Å². The van der Waals surface area contributed by atoms with Crippen LogP contribution in [0.4, 0.5) is 10.5 Å². The Balaban J connectivity index is 1.39. The van der Waals surface area contributed by atoms with Crippen LogP contribution in [-0.4, -0.2) is 50.1 Å². The smallest absolute Gasteiger partial charge is 0.321 e. The third kappa shape index (κ3) is 3.81. The van der Waals surface area contributed by atoms with Crippen LogP contribution in [0.2, 0.25) is 0 Å². The van der Waals surface area contributed by atoms with Crippen molar-refractivity contribution in [3.63, 3.8) is 0 Å². The number of benzene rings is 2. The van der Waals surface area contributed by atoms with Gasteiger partial charge in [-0.15, -0.1) is 0 Å². The van der Waals surface area contributed by atoms with E-state index >= 15 is 0 Å². The molecular formula is C22H25N3O3. The standard InChI is InChI=1S/C22H25N3O3/c1-28-20-7-5-16(6-8-20)13-17-9-11-24(15-17)21(26)18-3-2-4-19(14-18)25-12-10-23-22(25)27/h2-8,14,17H,9-13,15H2,1H3,(H,23,27). The van der Waals surface area contributed by atoms with E-state index in [0.29, 0.717) is 24.6 Å². The Morgan fingerprint density at radius 1 is 1.18 bits per heavy atom. The average molecular weight is 379 g/mol. The molecule has 2 aromatic carbocycles. The lowest BCUT2D eigenvalue weighted by molar-refractivity contribution is 0.0787. The van der Waals surface area contributed by atoms with Crippen LogP contribution in [0.15, 0.2) is 48.5 Å². The van der Waals surface area contributed by atoms with E-state index in [-0.39, 0.29) is 11.9 Å². The molecule has 6 heteroatoms. The quantitative estimate of drug-likeness (QED) is 0.869. The zero-order chi connectivity index (χ0) is 19.5. The molecule has 0 radical (unpaired) electrons. The normalized spacial score (nSPS) is 19.0. The lowest BCUT2D eigenvalue weighted by atomic mass is 9.99. The molecule has 0 bridgehead atoms. The minimum atomic E-state index is -0.106. The largest absolute Gasteiger partial charge is 0.497 e. The van der Waals surface area contributed by atoms with Crippen molar-refractivity contribution >= 4 is 17.6 Å². The molecule has 6 nitrogen and oxygen atoms in total. The van der Waals surface area contributed by atoms with E-state index in [4.69, 9.17) is 4.74 Å². The molecule has 0 spiro atoms. The van der Waals surface area contributed by atoms with Crippen molar-refractivity contribution in [2.75, 3.05) is 38.2 Å². The molecular weight excluding hydrogens is 354 g/mol. The van der Waals surface area contributed by atoms with E-state index in [1.165, 1.54) is 5.56 Å². The maximum Gasteiger partial charge on any atom is 0.321 e. The van der Waals surface area contributed by atoms with Crippen LogP contribution in [0.25, 0.3) is 0 Å².